The van der Waals surface area contributed by atoms with Gasteiger partial charge in [0, 0.05) is 31.6 Å². The molecule has 1 unspecified atom stereocenters. The zero-order chi connectivity index (χ0) is 29.1. The highest BCUT2D eigenvalue weighted by Crippen LogP contribution is 2.44. The van der Waals surface area contributed by atoms with Gasteiger partial charge in [-0.25, -0.2) is 4.79 Å². The molecule has 1 aliphatic heterocycles. The summed E-state index contributed by atoms with van der Waals surface area (Å²) < 4.78 is 5.85. The molecular formula is C34H37N3O5. The molecule has 8 heteroatoms. The highest BCUT2D eigenvalue weighted by atomic mass is 16.5. The number of carbonyl (C=O) groups excluding carboxylic acids is 2. The third kappa shape index (κ3) is 5.77. The molecule has 0 radical (unpaired) electrons. The van der Waals surface area contributed by atoms with Crippen molar-refractivity contribution in [3.05, 3.63) is 95.6 Å². The first kappa shape index (κ1) is 28.0. The van der Waals surface area contributed by atoms with Crippen LogP contribution >= 0.6 is 0 Å². The van der Waals surface area contributed by atoms with E-state index in [2.05, 4.69) is 39.8 Å². The van der Waals surface area contributed by atoms with Crippen molar-refractivity contribution in [2.75, 3.05) is 19.7 Å². The van der Waals surface area contributed by atoms with Crippen LogP contribution < -0.4 is 10.6 Å². The zero-order valence-electron chi connectivity index (χ0n) is 23.6. The predicted octanol–water partition coefficient (Wildman–Crippen LogP) is 4.93. The van der Waals surface area contributed by atoms with Gasteiger partial charge in [0.1, 0.15) is 12.1 Å². The first-order chi connectivity index (χ1) is 20.4. The summed E-state index contributed by atoms with van der Waals surface area (Å²) >= 11 is 0. The molecule has 0 spiro atoms. The molecule has 218 valence electrons. The van der Waals surface area contributed by atoms with Crippen LogP contribution in [0.3, 0.4) is 0 Å². The molecule has 0 bridgehead atoms. The summed E-state index contributed by atoms with van der Waals surface area (Å²) in [6.45, 7) is 1.80. The van der Waals surface area contributed by atoms with Gasteiger partial charge in [-0.3, -0.25) is 14.5 Å². The van der Waals surface area contributed by atoms with Crippen molar-refractivity contribution >= 4 is 18.0 Å². The van der Waals surface area contributed by atoms with Crippen LogP contribution in [0.15, 0.2) is 78.9 Å². The van der Waals surface area contributed by atoms with E-state index in [0.717, 1.165) is 47.1 Å². The lowest BCUT2D eigenvalue weighted by Gasteiger charge is -2.32. The van der Waals surface area contributed by atoms with E-state index in [0.29, 0.717) is 26.1 Å². The van der Waals surface area contributed by atoms with Crippen LogP contribution in [0.2, 0.25) is 0 Å². The molecule has 1 saturated heterocycles. The molecule has 42 heavy (non-hydrogen) atoms. The minimum Gasteiger partial charge on any atom is -0.481 e. The quantitative estimate of drug-likeness (QED) is 0.339. The van der Waals surface area contributed by atoms with Crippen LogP contribution in [0, 0.1) is 5.92 Å². The first-order valence-electron chi connectivity index (χ1n) is 14.8. The number of rotatable bonds is 9. The summed E-state index contributed by atoms with van der Waals surface area (Å²) in [5.41, 5.74) is 4.51. The molecule has 3 atom stereocenters. The highest BCUT2D eigenvalue weighted by molar-refractivity contribution is 5.91. The first-order valence-corrected chi connectivity index (χ1v) is 14.8. The largest absolute Gasteiger partial charge is 0.481 e. The van der Waals surface area contributed by atoms with Crippen LogP contribution in [0.5, 0.6) is 0 Å². The minimum absolute atomic E-state index is 0.0257. The predicted molar refractivity (Wildman–Crippen MR) is 159 cm³/mol. The van der Waals surface area contributed by atoms with Gasteiger partial charge in [-0.2, -0.15) is 0 Å². The second-order valence-corrected chi connectivity index (χ2v) is 11.8. The summed E-state index contributed by atoms with van der Waals surface area (Å²) in [5, 5.41) is 15.5. The van der Waals surface area contributed by atoms with E-state index in [4.69, 9.17) is 4.74 Å². The maximum absolute atomic E-state index is 13.9. The Morgan fingerprint density at radius 3 is 2.26 bits per heavy atom. The summed E-state index contributed by atoms with van der Waals surface area (Å²) in [5.74, 6) is -1.32. The van der Waals surface area contributed by atoms with Crippen molar-refractivity contribution in [2.45, 2.75) is 56.1 Å². The van der Waals surface area contributed by atoms with Gasteiger partial charge in [0.25, 0.3) is 0 Å². The Balaban J connectivity index is 1.17. The van der Waals surface area contributed by atoms with Crippen LogP contribution in [0.1, 0.15) is 54.7 Å². The number of benzene rings is 3. The Kier molecular flexibility index (Phi) is 7.98. The Morgan fingerprint density at radius 2 is 1.57 bits per heavy atom. The number of ether oxygens (including phenoxy) is 1. The van der Waals surface area contributed by atoms with Crippen molar-refractivity contribution in [1.82, 2.24) is 15.5 Å². The molecule has 1 saturated carbocycles. The van der Waals surface area contributed by atoms with Gasteiger partial charge in [-0.15, -0.1) is 0 Å². The SMILES string of the molecule is O=C(O)C[C@@H]1CCC[C@H]1NC(=O)C1(NC(=O)OCC2c3ccccc3-c3ccccc32)CCN(Cc2ccccc2)C1. The number of carboxylic acid groups (broad SMARTS) is 1. The topological polar surface area (TPSA) is 108 Å². The third-order valence-corrected chi connectivity index (χ3v) is 9.13. The second-order valence-electron chi connectivity index (χ2n) is 11.8. The van der Waals surface area contributed by atoms with Gasteiger partial charge in [0.15, 0.2) is 0 Å². The van der Waals surface area contributed by atoms with Crippen molar-refractivity contribution in [3.8, 4) is 11.1 Å². The fourth-order valence-corrected chi connectivity index (χ4v) is 7.04. The van der Waals surface area contributed by atoms with E-state index in [1.807, 2.05) is 54.6 Å². The molecule has 8 nitrogen and oxygen atoms in total. The molecule has 0 aromatic heterocycles. The minimum atomic E-state index is -1.17. The number of likely N-dealkylation sites (tertiary alicyclic amines) is 1. The maximum Gasteiger partial charge on any atom is 0.408 e. The van der Waals surface area contributed by atoms with Crippen molar-refractivity contribution in [3.63, 3.8) is 0 Å². The van der Waals surface area contributed by atoms with Crippen LogP contribution in [0.25, 0.3) is 11.1 Å². The van der Waals surface area contributed by atoms with Crippen LogP contribution in [0.4, 0.5) is 4.79 Å². The number of aliphatic carboxylic acids is 1. The Labute approximate surface area is 246 Å². The number of hydrogen-bond acceptors (Lipinski definition) is 5. The fraction of sp³-hybridized carbons (Fsp3) is 0.382. The van der Waals surface area contributed by atoms with Crippen molar-refractivity contribution < 1.29 is 24.2 Å². The standard InChI is InChI=1S/C34H37N3O5/c38-31(39)19-24-11-8-16-30(24)35-32(40)34(17-18-37(22-34)20-23-9-2-1-3-10-23)36-33(41)42-21-29-27-14-6-4-12-25(27)26-13-5-7-15-28(26)29/h1-7,9-10,12-15,24,29-30H,8,11,16-22H2,(H,35,40)(H,36,41)(H,38,39)/t24-,30+,34?/m0/s1. The number of carbonyl (C=O) groups is 3. The zero-order valence-corrected chi connectivity index (χ0v) is 23.6. The average Bonchev–Trinajstić information content (AvgIpc) is 3.69. The summed E-state index contributed by atoms with van der Waals surface area (Å²) in [4.78, 5) is 40.9. The molecule has 2 fully saturated rings. The molecule has 2 aliphatic carbocycles. The summed E-state index contributed by atoms with van der Waals surface area (Å²) in [6, 6.07) is 26.2. The number of nitrogens with one attached hydrogen (secondary N) is 2. The van der Waals surface area contributed by atoms with Gasteiger partial charge in [-0.1, -0.05) is 85.3 Å². The molecule has 3 aromatic carbocycles. The molecule has 3 N–H and O–H groups in total. The van der Waals surface area contributed by atoms with E-state index < -0.39 is 17.6 Å². The smallest absolute Gasteiger partial charge is 0.408 e. The lowest BCUT2D eigenvalue weighted by atomic mass is 9.94. The second kappa shape index (κ2) is 12.0. The average molecular weight is 568 g/mol. The van der Waals surface area contributed by atoms with Gasteiger partial charge in [0.05, 0.1) is 6.42 Å². The summed E-state index contributed by atoms with van der Waals surface area (Å²) in [6.07, 6.45) is 2.21. The Hall–Kier alpha value is -4.17. The van der Waals surface area contributed by atoms with Crippen LogP contribution in [-0.2, 0) is 20.9 Å². The van der Waals surface area contributed by atoms with E-state index >= 15 is 0 Å². The number of fused-ring (bicyclic) bond motifs is 3. The van der Waals surface area contributed by atoms with E-state index in [-0.39, 0.29) is 36.8 Å². The number of hydrogen-bond donors (Lipinski definition) is 3. The van der Waals surface area contributed by atoms with E-state index in [1.165, 1.54) is 0 Å². The van der Waals surface area contributed by atoms with Crippen LogP contribution in [-0.4, -0.2) is 59.3 Å². The number of nitrogens with zero attached hydrogens (tertiary/aromatic N) is 1. The highest BCUT2D eigenvalue weighted by Gasteiger charge is 2.48. The fourth-order valence-electron chi connectivity index (χ4n) is 7.04. The molecule has 1 heterocycles. The lowest BCUT2D eigenvalue weighted by Crippen LogP contribution is -2.62. The Bertz CT molecular complexity index is 1410. The van der Waals surface area contributed by atoms with E-state index in [1.54, 1.807) is 0 Å². The monoisotopic (exact) mass is 567 g/mol. The van der Waals surface area contributed by atoms with Gasteiger partial charge >= 0.3 is 12.1 Å². The van der Waals surface area contributed by atoms with Gasteiger partial charge in [0.2, 0.25) is 5.91 Å². The lowest BCUT2D eigenvalue weighted by molar-refractivity contribution is -0.138. The van der Waals surface area contributed by atoms with E-state index in [9.17, 15) is 19.5 Å². The normalized spacial score (nSPS) is 23.2. The molecule has 6 rings (SSSR count). The molecule has 2 amide bonds. The maximum atomic E-state index is 13.9. The molecule has 3 aliphatic rings. The number of alkyl carbamates (subject to hydrolysis) is 1. The van der Waals surface area contributed by atoms with Gasteiger partial charge in [-0.05, 0) is 53.0 Å². The summed E-state index contributed by atoms with van der Waals surface area (Å²) in [7, 11) is 0. The molecular weight excluding hydrogens is 530 g/mol. The van der Waals surface area contributed by atoms with Crippen molar-refractivity contribution in [2.24, 2.45) is 5.92 Å². The molecule has 3 aromatic rings. The van der Waals surface area contributed by atoms with Gasteiger partial charge < -0.3 is 20.5 Å². The Morgan fingerprint density at radius 1 is 0.905 bits per heavy atom. The third-order valence-electron chi connectivity index (χ3n) is 9.13. The number of carboxylic acids is 1. The van der Waals surface area contributed by atoms with Crippen molar-refractivity contribution in [1.29, 1.82) is 0 Å². The number of amides is 2.